The zero-order chi connectivity index (χ0) is 20.5. The second-order valence-electron chi connectivity index (χ2n) is 7.13. The number of anilines is 2. The number of ether oxygens (including phenoxy) is 1. The predicted octanol–water partition coefficient (Wildman–Crippen LogP) is 7.48. The first-order valence-corrected chi connectivity index (χ1v) is 12.3. The van der Waals surface area contributed by atoms with Gasteiger partial charge in [-0.25, -0.2) is 9.97 Å². The number of thioether (sulfide) groups is 1. The van der Waals surface area contributed by atoms with Crippen molar-refractivity contribution in [3.05, 3.63) is 64.0 Å². The third-order valence-electron chi connectivity index (χ3n) is 5.14. The molecule has 0 saturated carbocycles. The molecule has 4 aromatic rings. The lowest BCUT2D eigenvalue weighted by molar-refractivity contribution is 0.485. The van der Waals surface area contributed by atoms with Gasteiger partial charge in [-0.2, -0.15) is 0 Å². The fraction of sp³-hybridized carbons (Fsp3) is 0.217. The maximum Gasteiger partial charge on any atom is 0.190 e. The SMILES string of the molecule is CSc1nc(Nc2cc(Cl)ccc2Oc2ccccc2)c2c3c(sc2n1)CCCC3. The Labute approximate surface area is 188 Å². The van der Waals surface area contributed by atoms with Gasteiger partial charge in [0, 0.05) is 9.90 Å². The first-order valence-electron chi connectivity index (χ1n) is 9.87. The van der Waals surface area contributed by atoms with Gasteiger partial charge in [0.2, 0.25) is 0 Å². The molecule has 0 saturated heterocycles. The van der Waals surface area contributed by atoms with Crippen LogP contribution in [0, 0.1) is 0 Å². The number of thiophene rings is 1. The van der Waals surface area contributed by atoms with Gasteiger partial charge in [0.15, 0.2) is 10.9 Å². The van der Waals surface area contributed by atoms with E-state index < -0.39 is 0 Å². The molecule has 0 bridgehead atoms. The van der Waals surface area contributed by atoms with Crippen LogP contribution >= 0.6 is 34.7 Å². The van der Waals surface area contributed by atoms with Crippen LogP contribution in [0.1, 0.15) is 23.3 Å². The largest absolute Gasteiger partial charge is 0.455 e. The molecule has 0 unspecified atom stereocenters. The minimum atomic E-state index is 0.639. The third kappa shape index (κ3) is 3.87. The molecule has 1 aliphatic carbocycles. The summed E-state index contributed by atoms with van der Waals surface area (Å²) in [5.74, 6) is 2.30. The molecule has 0 atom stereocenters. The van der Waals surface area contributed by atoms with Crippen molar-refractivity contribution >= 4 is 56.4 Å². The Hall–Kier alpha value is -2.28. The number of fused-ring (bicyclic) bond motifs is 3. The van der Waals surface area contributed by atoms with Crippen molar-refractivity contribution in [2.75, 3.05) is 11.6 Å². The third-order valence-corrected chi connectivity index (χ3v) is 7.11. The number of rotatable bonds is 5. The van der Waals surface area contributed by atoms with Crippen LogP contribution in [0.2, 0.25) is 5.02 Å². The molecule has 30 heavy (non-hydrogen) atoms. The van der Waals surface area contributed by atoms with Crippen LogP contribution in [0.5, 0.6) is 11.5 Å². The summed E-state index contributed by atoms with van der Waals surface area (Å²) in [4.78, 5) is 12.1. The van der Waals surface area contributed by atoms with E-state index >= 15 is 0 Å². The minimum Gasteiger partial charge on any atom is -0.455 e. The number of aryl methyl sites for hydroxylation is 2. The van der Waals surface area contributed by atoms with Gasteiger partial charge in [-0.3, -0.25) is 0 Å². The summed E-state index contributed by atoms with van der Waals surface area (Å²) < 4.78 is 6.13. The fourth-order valence-corrected chi connectivity index (χ4v) is 5.61. The highest BCUT2D eigenvalue weighted by molar-refractivity contribution is 7.98. The molecule has 2 aromatic carbocycles. The molecule has 7 heteroatoms. The van der Waals surface area contributed by atoms with E-state index in [1.54, 1.807) is 23.1 Å². The first kappa shape index (κ1) is 19.7. The van der Waals surface area contributed by atoms with E-state index in [0.29, 0.717) is 10.8 Å². The Balaban J connectivity index is 1.60. The lowest BCUT2D eigenvalue weighted by Crippen LogP contribution is -2.02. The summed E-state index contributed by atoms with van der Waals surface area (Å²) in [7, 11) is 0. The Bertz CT molecular complexity index is 1210. The van der Waals surface area contributed by atoms with Crippen molar-refractivity contribution < 1.29 is 4.74 Å². The van der Waals surface area contributed by atoms with E-state index in [4.69, 9.17) is 26.3 Å². The second kappa shape index (κ2) is 8.46. The summed E-state index contributed by atoms with van der Waals surface area (Å²) in [6, 6.07) is 15.3. The van der Waals surface area contributed by atoms with Crippen LogP contribution < -0.4 is 10.1 Å². The summed E-state index contributed by atoms with van der Waals surface area (Å²) in [5.41, 5.74) is 2.18. The molecule has 4 nitrogen and oxygen atoms in total. The highest BCUT2D eigenvalue weighted by atomic mass is 35.5. The van der Waals surface area contributed by atoms with Crippen LogP contribution in [-0.2, 0) is 12.8 Å². The average Bonchev–Trinajstić information content (AvgIpc) is 3.15. The molecule has 5 rings (SSSR count). The van der Waals surface area contributed by atoms with Crippen molar-refractivity contribution in [1.82, 2.24) is 9.97 Å². The van der Waals surface area contributed by atoms with E-state index in [2.05, 4.69) is 5.32 Å². The van der Waals surface area contributed by atoms with Crippen LogP contribution in [0.15, 0.2) is 53.7 Å². The van der Waals surface area contributed by atoms with E-state index in [9.17, 15) is 0 Å². The average molecular weight is 454 g/mol. The monoisotopic (exact) mass is 453 g/mol. The molecular formula is C23H20ClN3OS2. The van der Waals surface area contributed by atoms with Crippen LogP contribution in [0.25, 0.3) is 10.2 Å². The molecule has 0 radical (unpaired) electrons. The summed E-state index contributed by atoms with van der Waals surface area (Å²) in [6.45, 7) is 0. The van der Waals surface area contributed by atoms with E-state index in [1.807, 2.05) is 54.8 Å². The molecule has 0 amide bonds. The van der Waals surface area contributed by atoms with Gasteiger partial charge >= 0.3 is 0 Å². The predicted molar refractivity (Wildman–Crippen MR) is 127 cm³/mol. The van der Waals surface area contributed by atoms with Crippen molar-refractivity contribution in [2.45, 2.75) is 30.8 Å². The van der Waals surface area contributed by atoms with E-state index in [-0.39, 0.29) is 0 Å². The zero-order valence-electron chi connectivity index (χ0n) is 16.4. The quantitative estimate of drug-likeness (QED) is 0.250. The van der Waals surface area contributed by atoms with Gasteiger partial charge < -0.3 is 10.1 Å². The number of benzene rings is 2. The van der Waals surface area contributed by atoms with Crippen molar-refractivity contribution in [3.8, 4) is 11.5 Å². The lowest BCUT2D eigenvalue weighted by Gasteiger charge is -2.16. The number of halogens is 1. The molecule has 0 aliphatic heterocycles. The first-order chi connectivity index (χ1) is 14.7. The van der Waals surface area contributed by atoms with Crippen molar-refractivity contribution in [1.29, 1.82) is 0 Å². The maximum atomic E-state index is 6.33. The number of aromatic nitrogens is 2. The van der Waals surface area contributed by atoms with Gasteiger partial charge in [0.1, 0.15) is 16.4 Å². The van der Waals surface area contributed by atoms with E-state index in [0.717, 1.165) is 45.5 Å². The highest BCUT2D eigenvalue weighted by Crippen LogP contribution is 2.41. The van der Waals surface area contributed by atoms with Gasteiger partial charge in [-0.15, -0.1) is 11.3 Å². The zero-order valence-corrected chi connectivity index (χ0v) is 18.8. The molecule has 1 aliphatic rings. The van der Waals surface area contributed by atoms with Crippen LogP contribution in [-0.4, -0.2) is 16.2 Å². The van der Waals surface area contributed by atoms with Crippen molar-refractivity contribution in [3.63, 3.8) is 0 Å². The molecular weight excluding hydrogens is 434 g/mol. The Kier molecular flexibility index (Phi) is 5.54. The second-order valence-corrected chi connectivity index (χ2v) is 9.42. The fourth-order valence-electron chi connectivity index (χ4n) is 3.75. The number of nitrogens with one attached hydrogen (secondary N) is 1. The number of para-hydroxylation sites is 1. The number of nitrogens with zero attached hydrogens (tertiary/aromatic N) is 2. The van der Waals surface area contributed by atoms with Gasteiger partial charge in [0.05, 0.1) is 11.1 Å². The molecule has 0 spiro atoms. The maximum absolute atomic E-state index is 6.33. The molecule has 152 valence electrons. The standard InChI is InChI=1S/C23H20ClN3OS2/c1-29-23-26-21(20-16-9-5-6-10-19(16)30-22(20)27-23)25-17-13-14(24)11-12-18(17)28-15-7-3-2-4-8-15/h2-4,7-8,11-13H,5-6,9-10H2,1H3,(H,25,26,27). The highest BCUT2D eigenvalue weighted by Gasteiger charge is 2.22. The van der Waals surface area contributed by atoms with Gasteiger partial charge in [0.25, 0.3) is 0 Å². The lowest BCUT2D eigenvalue weighted by atomic mass is 9.97. The Morgan fingerprint density at radius 2 is 1.90 bits per heavy atom. The summed E-state index contributed by atoms with van der Waals surface area (Å²) in [5, 5.41) is 6.06. The Morgan fingerprint density at radius 3 is 2.73 bits per heavy atom. The molecule has 2 heterocycles. The van der Waals surface area contributed by atoms with Crippen LogP contribution in [0.3, 0.4) is 0 Å². The number of hydrogen-bond donors (Lipinski definition) is 1. The molecule has 1 N–H and O–H groups in total. The summed E-state index contributed by atoms with van der Waals surface area (Å²) >= 11 is 9.68. The summed E-state index contributed by atoms with van der Waals surface area (Å²) in [6.07, 6.45) is 6.66. The normalized spacial score (nSPS) is 13.3. The van der Waals surface area contributed by atoms with Gasteiger partial charge in [-0.1, -0.05) is 41.6 Å². The molecule has 2 aromatic heterocycles. The smallest absolute Gasteiger partial charge is 0.190 e. The Morgan fingerprint density at radius 1 is 1.07 bits per heavy atom. The van der Waals surface area contributed by atoms with Gasteiger partial charge in [-0.05, 0) is 67.8 Å². The minimum absolute atomic E-state index is 0.639. The van der Waals surface area contributed by atoms with Crippen LogP contribution in [0.4, 0.5) is 11.5 Å². The number of hydrogen-bond acceptors (Lipinski definition) is 6. The topological polar surface area (TPSA) is 47.0 Å². The van der Waals surface area contributed by atoms with E-state index in [1.165, 1.54) is 23.3 Å². The van der Waals surface area contributed by atoms with Crippen molar-refractivity contribution in [2.24, 2.45) is 0 Å². The molecule has 0 fully saturated rings.